The highest BCUT2D eigenvalue weighted by Crippen LogP contribution is 2.38. The summed E-state index contributed by atoms with van der Waals surface area (Å²) in [5.41, 5.74) is 1.17. The van der Waals surface area contributed by atoms with Crippen molar-refractivity contribution in [2.24, 2.45) is 0 Å². The molecule has 0 fully saturated rings. The lowest BCUT2D eigenvalue weighted by Gasteiger charge is -2.09. The molecule has 0 aliphatic carbocycles. The number of aromatic nitrogens is 2. The van der Waals surface area contributed by atoms with Gasteiger partial charge in [-0.1, -0.05) is 6.07 Å². The first-order valence-corrected chi connectivity index (χ1v) is 5.86. The fourth-order valence-corrected chi connectivity index (χ4v) is 1.97. The van der Waals surface area contributed by atoms with Crippen molar-refractivity contribution in [2.75, 3.05) is 14.2 Å². The van der Waals surface area contributed by atoms with Crippen LogP contribution in [0.2, 0.25) is 0 Å². The molecule has 0 N–H and O–H groups in total. The lowest BCUT2D eigenvalue weighted by atomic mass is 10.1. The van der Waals surface area contributed by atoms with E-state index in [0.717, 1.165) is 6.20 Å². The monoisotopic (exact) mass is 274 g/mol. The number of fused-ring (bicyclic) bond motifs is 1. The zero-order valence-electron chi connectivity index (χ0n) is 10.9. The molecule has 102 valence electrons. The second-order valence-corrected chi connectivity index (χ2v) is 4.03. The SMILES string of the molecule is COc1cccc(OC)c1-c1nc2cc(F)cnc2o1. The van der Waals surface area contributed by atoms with Crippen molar-refractivity contribution >= 4 is 11.2 Å². The first-order chi connectivity index (χ1) is 9.72. The molecular weight excluding hydrogens is 263 g/mol. The fourth-order valence-electron chi connectivity index (χ4n) is 1.97. The molecule has 0 spiro atoms. The summed E-state index contributed by atoms with van der Waals surface area (Å²) >= 11 is 0. The number of nitrogens with zero attached hydrogens (tertiary/aromatic N) is 2. The lowest BCUT2D eigenvalue weighted by Crippen LogP contribution is -1.92. The largest absolute Gasteiger partial charge is 0.496 e. The molecule has 20 heavy (non-hydrogen) atoms. The van der Waals surface area contributed by atoms with Gasteiger partial charge in [0.1, 0.15) is 28.4 Å². The second-order valence-electron chi connectivity index (χ2n) is 4.03. The normalized spacial score (nSPS) is 10.8. The van der Waals surface area contributed by atoms with Gasteiger partial charge in [-0.05, 0) is 12.1 Å². The van der Waals surface area contributed by atoms with E-state index >= 15 is 0 Å². The lowest BCUT2D eigenvalue weighted by molar-refractivity contribution is 0.394. The Morgan fingerprint density at radius 1 is 1.15 bits per heavy atom. The quantitative estimate of drug-likeness (QED) is 0.734. The van der Waals surface area contributed by atoms with Gasteiger partial charge in [-0.25, -0.2) is 14.4 Å². The molecule has 0 saturated carbocycles. The van der Waals surface area contributed by atoms with Gasteiger partial charge in [-0.2, -0.15) is 0 Å². The first-order valence-electron chi connectivity index (χ1n) is 5.86. The minimum absolute atomic E-state index is 0.259. The summed E-state index contributed by atoms with van der Waals surface area (Å²) in [6.45, 7) is 0. The molecule has 0 aliphatic heterocycles. The first kappa shape index (κ1) is 12.4. The van der Waals surface area contributed by atoms with Gasteiger partial charge in [0.25, 0.3) is 0 Å². The molecular formula is C14H11FN2O3. The standard InChI is InChI=1S/C14H11FN2O3/c1-18-10-4-3-5-11(19-2)12(10)14-17-9-6-8(15)7-16-13(9)20-14/h3-7H,1-2H3. The molecule has 6 heteroatoms. The van der Waals surface area contributed by atoms with Crippen LogP contribution in [0.25, 0.3) is 22.7 Å². The Labute approximate surface area is 114 Å². The highest BCUT2D eigenvalue weighted by molar-refractivity contribution is 5.77. The van der Waals surface area contributed by atoms with E-state index in [-0.39, 0.29) is 11.6 Å². The summed E-state index contributed by atoms with van der Waals surface area (Å²) in [5.74, 6) is 0.907. The number of oxazole rings is 1. The molecule has 3 rings (SSSR count). The molecule has 0 aliphatic rings. The van der Waals surface area contributed by atoms with Crippen LogP contribution in [0, 0.1) is 5.82 Å². The molecule has 2 heterocycles. The van der Waals surface area contributed by atoms with Gasteiger partial charge in [0.2, 0.25) is 11.6 Å². The number of ether oxygens (including phenoxy) is 2. The Morgan fingerprint density at radius 3 is 2.50 bits per heavy atom. The van der Waals surface area contributed by atoms with E-state index in [1.54, 1.807) is 32.4 Å². The van der Waals surface area contributed by atoms with Crippen molar-refractivity contribution in [3.05, 3.63) is 36.3 Å². The molecule has 3 aromatic rings. The van der Waals surface area contributed by atoms with E-state index in [1.807, 2.05) is 0 Å². The average Bonchev–Trinajstić information content (AvgIpc) is 2.88. The number of methoxy groups -OCH3 is 2. The van der Waals surface area contributed by atoms with E-state index in [0.29, 0.717) is 22.6 Å². The van der Waals surface area contributed by atoms with E-state index < -0.39 is 5.82 Å². The highest BCUT2D eigenvalue weighted by atomic mass is 19.1. The molecule has 0 amide bonds. The smallest absolute Gasteiger partial charge is 0.247 e. The number of hydrogen-bond acceptors (Lipinski definition) is 5. The van der Waals surface area contributed by atoms with Crippen LogP contribution in [0.3, 0.4) is 0 Å². The van der Waals surface area contributed by atoms with Gasteiger partial charge in [-0.15, -0.1) is 0 Å². The van der Waals surface area contributed by atoms with Crippen LogP contribution in [0.4, 0.5) is 4.39 Å². The summed E-state index contributed by atoms with van der Waals surface area (Å²) in [5, 5.41) is 0. The minimum Gasteiger partial charge on any atom is -0.496 e. The minimum atomic E-state index is -0.468. The van der Waals surface area contributed by atoms with Crippen molar-refractivity contribution in [3.63, 3.8) is 0 Å². The van der Waals surface area contributed by atoms with E-state index in [4.69, 9.17) is 13.9 Å². The molecule has 1 aromatic carbocycles. The van der Waals surface area contributed by atoms with Crippen LogP contribution >= 0.6 is 0 Å². The Kier molecular flexibility index (Phi) is 2.98. The third-order valence-corrected chi connectivity index (χ3v) is 2.86. The van der Waals surface area contributed by atoms with Crippen molar-refractivity contribution in [1.29, 1.82) is 0 Å². The van der Waals surface area contributed by atoms with Crippen LogP contribution in [0.5, 0.6) is 11.5 Å². The van der Waals surface area contributed by atoms with Gasteiger partial charge in [-0.3, -0.25) is 0 Å². The van der Waals surface area contributed by atoms with Crippen LogP contribution in [0.1, 0.15) is 0 Å². The summed E-state index contributed by atoms with van der Waals surface area (Å²) in [4.78, 5) is 8.08. The van der Waals surface area contributed by atoms with Gasteiger partial charge in [0.05, 0.1) is 20.4 Å². The van der Waals surface area contributed by atoms with Crippen LogP contribution < -0.4 is 9.47 Å². The van der Waals surface area contributed by atoms with E-state index in [2.05, 4.69) is 9.97 Å². The predicted octanol–water partition coefficient (Wildman–Crippen LogP) is 3.05. The molecule has 0 unspecified atom stereocenters. The van der Waals surface area contributed by atoms with Crippen molar-refractivity contribution in [2.45, 2.75) is 0 Å². The number of halogens is 1. The van der Waals surface area contributed by atoms with Crippen molar-refractivity contribution < 1.29 is 18.3 Å². The van der Waals surface area contributed by atoms with Crippen LogP contribution in [-0.4, -0.2) is 24.2 Å². The maximum Gasteiger partial charge on any atom is 0.247 e. The van der Waals surface area contributed by atoms with E-state index in [9.17, 15) is 4.39 Å². The summed E-state index contributed by atoms with van der Waals surface area (Å²) < 4.78 is 29.3. The number of benzene rings is 1. The Balaban J connectivity index is 2.24. The average molecular weight is 274 g/mol. The highest BCUT2D eigenvalue weighted by Gasteiger charge is 2.19. The van der Waals surface area contributed by atoms with E-state index in [1.165, 1.54) is 6.07 Å². The number of pyridine rings is 1. The maximum atomic E-state index is 13.1. The van der Waals surface area contributed by atoms with Gasteiger partial charge < -0.3 is 13.9 Å². The molecule has 5 nitrogen and oxygen atoms in total. The van der Waals surface area contributed by atoms with Crippen molar-refractivity contribution in [3.8, 4) is 23.0 Å². The second kappa shape index (κ2) is 4.80. The van der Waals surface area contributed by atoms with Gasteiger partial charge >= 0.3 is 0 Å². The third kappa shape index (κ3) is 1.95. The zero-order chi connectivity index (χ0) is 14.1. The van der Waals surface area contributed by atoms with Crippen molar-refractivity contribution in [1.82, 2.24) is 9.97 Å². The van der Waals surface area contributed by atoms with Crippen LogP contribution in [0.15, 0.2) is 34.9 Å². The Hall–Kier alpha value is -2.63. The Morgan fingerprint density at radius 2 is 1.85 bits per heavy atom. The summed E-state index contributed by atoms with van der Waals surface area (Å²) in [6, 6.07) is 6.58. The molecule has 0 saturated heterocycles. The maximum absolute atomic E-state index is 13.1. The molecule has 0 bridgehead atoms. The summed E-state index contributed by atoms with van der Waals surface area (Å²) in [7, 11) is 3.08. The van der Waals surface area contributed by atoms with Gasteiger partial charge in [0.15, 0.2) is 0 Å². The number of hydrogen-bond donors (Lipinski definition) is 0. The predicted molar refractivity (Wildman–Crippen MR) is 70.3 cm³/mol. The number of rotatable bonds is 3. The van der Waals surface area contributed by atoms with Crippen LogP contribution in [-0.2, 0) is 0 Å². The Bertz CT molecular complexity index is 748. The third-order valence-electron chi connectivity index (χ3n) is 2.86. The molecule has 0 atom stereocenters. The topological polar surface area (TPSA) is 57.4 Å². The molecule has 0 radical (unpaired) electrons. The summed E-state index contributed by atoms with van der Waals surface area (Å²) in [6.07, 6.45) is 1.08. The van der Waals surface area contributed by atoms with Gasteiger partial charge in [0, 0.05) is 6.07 Å². The molecule has 2 aromatic heterocycles. The fraction of sp³-hybridized carbons (Fsp3) is 0.143. The zero-order valence-corrected chi connectivity index (χ0v) is 10.9.